The van der Waals surface area contributed by atoms with Crippen LogP contribution in [-0.2, 0) is 11.3 Å². The molecule has 8 heteroatoms. The summed E-state index contributed by atoms with van der Waals surface area (Å²) in [5.41, 5.74) is 1.77. The van der Waals surface area contributed by atoms with Crippen LogP contribution < -0.4 is 0 Å². The van der Waals surface area contributed by atoms with Crippen molar-refractivity contribution in [3.05, 3.63) is 71.9 Å². The van der Waals surface area contributed by atoms with Gasteiger partial charge in [0.2, 0.25) is 6.41 Å². The van der Waals surface area contributed by atoms with Crippen LogP contribution in [0.3, 0.4) is 0 Å². The third kappa shape index (κ3) is 6.00. The van der Waals surface area contributed by atoms with Gasteiger partial charge >= 0.3 is 0 Å². The Kier molecular flexibility index (Phi) is 8.11. The molecule has 2 N–H and O–H groups in total. The molecule has 2 rings (SSSR count). The Hall–Kier alpha value is -2.97. The second-order valence-corrected chi connectivity index (χ2v) is 6.54. The number of amides is 1. The first-order chi connectivity index (χ1) is 13.9. The van der Waals surface area contributed by atoms with Crippen molar-refractivity contribution in [3.63, 3.8) is 0 Å². The highest BCUT2D eigenvalue weighted by atomic mass is 19.1. The average molecular weight is 402 g/mol. The molecule has 1 aromatic carbocycles. The Labute approximate surface area is 170 Å². The number of aromatic nitrogens is 1. The van der Waals surface area contributed by atoms with Crippen molar-refractivity contribution in [1.82, 2.24) is 14.9 Å². The minimum atomic E-state index is -1.40. The van der Waals surface area contributed by atoms with Crippen LogP contribution in [0, 0.1) is 11.7 Å². The summed E-state index contributed by atoms with van der Waals surface area (Å²) in [6, 6.07) is 9.39. The monoisotopic (exact) mass is 402 g/mol. The van der Waals surface area contributed by atoms with Gasteiger partial charge in [-0.25, -0.2) is 4.39 Å². The second kappa shape index (κ2) is 10.5. The van der Waals surface area contributed by atoms with Crippen molar-refractivity contribution in [2.24, 2.45) is 11.0 Å². The SMILES string of the molecule is C=NN(Cc1ccc(F)cc1)C(=C)C(C)CN(C(=O)c1ccc[nH]1)C(O)OCC. The van der Waals surface area contributed by atoms with Crippen LogP contribution in [0.4, 0.5) is 4.39 Å². The molecular weight excluding hydrogens is 375 g/mol. The fourth-order valence-corrected chi connectivity index (χ4v) is 2.79. The number of nitrogens with one attached hydrogen (secondary N) is 1. The number of benzene rings is 1. The van der Waals surface area contributed by atoms with Crippen molar-refractivity contribution in [2.45, 2.75) is 26.8 Å². The first-order valence-corrected chi connectivity index (χ1v) is 9.28. The maximum atomic E-state index is 13.1. The van der Waals surface area contributed by atoms with Crippen molar-refractivity contribution < 1.29 is 19.0 Å². The van der Waals surface area contributed by atoms with E-state index in [1.807, 2.05) is 6.92 Å². The van der Waals surface area contributed by atoms with Gasteiger partial charge in [-0.1, -0.05) is 25.6 Å². The van der Waals surface area contributed by atoms with E-state index in [-0.39, 0.29) is 24.9 Å². The molecule has 2 atom stereocenters. The molecule has 29 heavy (non-hydrogen) atoms. The molecule has 1 aromatic heterocycles. The molecule has 1 amide bonds. The van der Waals surface area contributed by atoms with Crippen LogP contribution in [0.15, 0.2) is 60.0 Å². The van der Waals surface area contributed by atoms with Crippen LogP contribution in [0.5, 0.6) is 0 Å². The molecule has 0 fully saturated rings. The number of ether oxygens (including phenoxy) is 1. The van der Waals surface area contributed by atoms with Gasteiger partial charge in [-0.2, -0.15) is 5.10 Å². The number of nitrogens with zero attached hydrogens (tertiary/aromatic N) is 3. The molecule has 2 aromatic rings. The fraction of sp³-hybridized carbons (Fsp3) is 0.333. The van der Waals surface area contributed by atoms with Gasteiger partial charge in [-0.05, 0) is 36.8 Å². The van der Waals surface area contributed by atoms with E-state index in [0.29, 0.717) is 17.9 Å². The van der Waals surface area contributed by atoms with Crippen LogP contribution in [0.25, 0.3) is 0 Å². The van der Waals surface area contributed by atoms with Crippen LogP contribution in [-0.4, -0.2) is 52.2 Å². The number of H-pyrrole nitrogens is 1. The van der Waals surface area contributed by atoms with Crippen molar-refractivity contribution in [2.75, 3.05) is 13.2 Å². The van der Waals surface area contributed by atoms with Gasteiger partial charge in [0.15, 0.2) is 0 Å². The molecule has 0 saturated carbocycles. The number of carbonyl (C=O) groups excluding carboxylic acids is 1. The Bertz CT molecular complexity index is 808. The zero-order valence-electron chi connectivity index (χ0n) is 16.7. The van der Waals surface area contributed by atoms with Gasteiger partial charge in [0, 0.05) is 37.7 Å². The van der Waals surface area contributed by atoms with Crippen molar-refractivity contribution in [1.29, 1.82) is 0 Å². The van der Waals surface area contributed by atoms with Crippen molar-refractivity contribution >= 4 is 12.6 Å². The molecule has 0 saturated heterocycles. The summed E-state index contributed by atoms with van der Waals surface area (Å²) >= 11 is 0. The predicted octanol–water partition coefficient (Wildman–Crippen LogP) is 3.18. The predicted molar refractivity (Wildman–Crippen MR) is 109 cm³/mol. The second-order valence-electron chi connectivity index (χ2n) is 6.54. The Balaban J connectivity index is 2.12. The molecule has 0 aliphatic carbocycles. The molecule has 0 bridgehead atoms. The topological polar surface area (TPSA) is 81.2 Å². The third-order valence-corrected chi connectivity index (χ3v) is 4.46. The molecule has 1 heterocycles. The van der Waals surface area contributed by atoms with E-state index < -0.39 is 12.3 Å². The maximum absolute atomic E-state index is 13.1. The summed E-state index contributed by atoms with van der Waals surface area (Å²) in [5, 5.41) is 15.9. The van der Waals surface area contributed by atoms with E-state index >= 15 is 0 Å². The Morgan fingerprint density at radius 3 is 2.59 bits per heavy atom. The third-order valence-electron chi connectivity index (χ3n) is 4.46. The average Bonchev–Trinajstić information content (AvgIpc) is 3.25. The van der Waals surface area contributed by atoms with Crippen LogP contribution >= 0.6 is 0 Å². The summed E-state index contributed by atoms with van der Waals surface area (Å²) in [4.78, 5) is 16.8. The number of aromatic amines is 1. The highest BCUT2D eigenvalue weighted by Gasteiger charge is 2.27. The summed E-state index contributed by atoms with van der Waals surface area (Å²) in [6.07, 6.45) is 0.237. The van der Waals surface area contributed by atoms with Crippen molar-refractivity contribution in [3.8, 4) is 0 Å². The van der Waals surface area contributed by atoms with Gasteiger partial charge in [0.05, 0.1) is 6.54 Å². The van der Waals surface area contributed by atoms with Crippen LogP contribution in [0.2, 0.25) is 0 Å². The summed E-state index contributed by atoms with van der Waals surface area (Å²) in [6.45, 7) is 12.0. The molecule has 0 spiro atoms. The normalized spacial score (nSPS) is 12.8. The van der Waals surface area contributed by atoms with Gasteiger partial charge in [-0.3, -0.25) is 14.7 Å². The molecule has 0 aliphatic heterocycles. The highest BCUT2D eigenvalue weighted by Crippen LogP contribution is 2.21. The number of aliphatic hydroxyl groups is 1. The lowest BCUT2D eigenvalue weighted by atomic mass is 10.1. The zero-order valence-corrected chi connectivity index (χ0v) is 16.7. The van der Waals surface area contributed by atoms with Gasteiger partial charge in [0.25, 0.3) is 5.91 Å². The van der Waals surface area contributed by atoms with E-state index in [1.54, 1.807) is 42.4 Å². The smallest absolute Gasteiger partial charge is 0.274 e. The van der Waals surface area contributed by atoms with E-state index in [9.17, 15) is 14.3 Å². The van der Waals surface area contributed by atoms with E-state index in [2.05, 4.69) is 23.4 Å². The lowest BCUT2D eigenvalue weighted by Crippen LogP contribution is -2.45. The maximum Gasteiger partial charge on any atom is 0.274 e. The number of rotatable bonds is 11. The number of hydrazone groups is 1. The molecular formula is C21H27FN4O3. The van der Waals surface area contributed by atoms with Gasteiger partial charge in [-0.15, -0.1) is 0 Å². The number of carbonyl (C=O) groups is 1. The largest absolute Gasteiger partial charge is 0.357 e. The lowest BCUT2D eigenvalue weighted by Gasteiger charge is -2.32. The van der Waals surface area contributed by atoms with Gasteiger partial charge < -0.3 is 14.8 Å². The number of halogens is 1. The van der Waals surface area contributed by atoms with E-state index in [4.69, 9.17) is 4.74 Å². The standard InChI is InChI=1S/C21H27FN4O3/c1-5-29-21(28)25(20(27)19-7-6-12-24-19)13-15(2)16(3)26(23-4)14-17-8-10-18(22)11-9-17/h6-12,15,21,24,28H,3-5,13-14H2,1-2H3. The Morgan fingerprint density at radius 1 is 1.34 bits per heavy atom. The fourth-order valence-electron chi connectivity index (χ4n) is 2.79. The molecule has 2 unspecified atom stereocenters. The first-order valence-electron chi connectivity index (χ1n) is 9.28. The molecule has 7 nitrogen and oxygen atoms in total. The summed E-state index contributed by atoms with van der Waals surface area (Å²) < 4.78 is 18.4. The summed E-state index contributed by atoms with van der Waals surface area (Å²) in [7, 11) is 0. The highest BCUT2D eigenvalue weighted by molar-refractivity contribution is 5.92. The lowest BCUT2D eigenvalue weighted by molar-refractivity contribution is -0.175. The Morgan fingerprint density at radius 2 is 2.03 bits per heavy atom. The zero-order chi connectivity index (χ0) is 21.4. The summed E-state index contributed by atoms with van der Waals surface area (Å²) in [5.74, 6) is -0.982. The minimum Gasteiger partial charge on any atom is -0.357 e. The quantitative estimate of drug-likeness (QED) is 0.344. The van der Waals surface area contributed by atoms with E-state index in [0.717, 1.165) is 5.56 Å². The van der Waals surface area contributed by atoms with Crippen LogP contribution in [0.1, 0.15) is 29.9 Å². The number of hydrogen-bond donors (Lipinski definition) is 2. The molecule has 0 aliphatic rings. The first kappa shape index (κ1) is 22.3. The molecule has 0 radical (unpaired) electrons. The van der Waals surface area contributed by atoms with Gasteiger partial charge in [0.1, 0.15) is 11.5 Å². The van der Waals surface area contributed by atoms with E-state index in [1.165, 1.54) is 17.0 Å². The number of aliphatic hydroxyl groups excluding tert-OH is 1. The number of hydrogen-bond acceptors (Lipinski definition) is 5. The minimum absolute atomic E-state index is 0.146. The molecule has 156 valence electrons.